The fraction of sp³-hybridized carbons (Fsp3) is 0.538. The standard InChI is InChI=1S/C13H20N4O/c1-16(2)12-11(6-5-7-14-12)10-15-13(18)17-8-3-4-9-17/h5-7H,3-4,8-10H2,1-2H3,(H,15,18). The van der Waals surface area contributed by atoms with Gasteiger partial charge in [-0.25, -0.2) is 9.78 Å². The normalized spacial score (nSPS) is 14.7. The molecule has 1 saturated heterocycles. The van der Waals surface area contributed by atoms with Crippen molar-refractivity contribution >= 4 is 11.8 Å². The fourth-order valence-corrected chi connectivity index (χ4v) is 2.17. The topological polar surface area (TPSA) is 48.5 Å². The first kappa shape index (κ1) is 12.7. The average Bonchev–Trinajstić information content (AvgIpc) is 2.90. The molecule has 1 aromatic heterocycles. The lowest BCUT2D eigenvalue weighted by atomic mass is 10.2. The summed E-state index contributed by atoms with van der Waals surface area (Å²) in [5.41, 5.74) is 1.04. The number of aromatic nitrogens is 1. The van der Waals surface area contributed by atoms with Crippen molar-refractivity contribution in [3.63, 3.8) is 0 Å². The predicted molar refractivity (Wildman–Crippen MR) is 71.6 cm³/mol. The zero-order valence-electron chi connectivity index (χ0n) is 11.0. The second-order valence-corrected chi connectivity index (χ2v) is 4.73. The van der Waals surface area contributed by atoms with Crippen molar-refractivity contribution in [2.24, 2.45) is 0 Å². The highest BCUT2D eigenvalue weighted by Gasteiger charge is 2.17. The van der Waals surface area contributed by atoms with Gasteiger partial charge in [0.25, 0.3) is 0 Å². The number of anilines is 1. The van der Waals surface area contributed by atoms with Gasteiger partial charge < -0.3 is 15.1 Å². The molecular weight excluding hydrogens is 228 g/mol. The van der Waals surface area contributed by atoms with E-state index in [2.05, 4.69) is 10.3 Å². The van der Waals surface area contributed by atoms with Gasteiger partial charge in [-0.1, -0.05) is 6.07 Å². The summed E-state index contributed by atoms with van der Waals surface area (Å²) >= 11 is 0. The lowest BCUT2D eigenvalue weighted by molar-refractivity contribution is 0.208. The van der Waals surface area contributed by atoms with Gasteiger partial charge in [0.1, 0.15) is 5.82 Å². The van der Waals surface area contributed by atoms with Crippen LogP contribution in [-0.2, 0) is 6.54 Å². The van der Waals surface area contributed by atoms with Crippen LogP contribution in [0.4, 0.5) is 10.6 Å². The highest BCUT2D eigenvalue weighted by atomic mass is 16.2. The monoisotopic (exact) mass is 248 g/mol. The maximum Gasteiger partial charge on any atom is 0.317 e. The van der Waals surface area contributed by atoms with Crippen molar-refractivity contribution in [3.8, 4) is 0 Å². The van der Waals surface area contributed by atoms with E-state index in [0.717, 1.165) is 37.3 Å². The van der Waals surface area contributed by atoms with Crippen LogP contribution in [0.1, 0.15) is 18.4 Å². The smallest absolute Gasteiger partial charge is 0.317 e. The van der Waals surface area contributed by atoms with E-state index in [-0.39, 0.29) is 6.03 Å². The summed E-state index contributed by atoms with van der Waals surface area (Å²) in [4.78, 5) is 20.0. The van der Waals surface area contributed by atoms with Gasteiger partial charge in [-0.15, -0.1) is 0 Å². The Labute approximate surface area is 108 Å². The summed E-state index contributed by atoms with van der Waals surface area (Å²) in [7, 11) is 3.91. The van der Waals surface area contributed by atoms with Crippen LogP contribution in [-0.4, -0.2) is 43.1 Å². The number of hydrogen-bond acceptors (Lipinski definition) is 3. The largest absolute Gasteiger partial charge is 0.362 e. The van der Waals surface area contributed by atoms with Crippen LogP contribution in [0.25, 0.3) is 0 Å². The van der Waals surface area contributed by atoms with Crippen molar-refractivity contribution in [2.45, 2.75) is 19.4 Å². The van der Waals surface area contributed by atoms with E-state index < -0.39 is 0 Å². The van der Waals surface area contributed by atoms with Gasteiger partial charge in [0.15, 0.2) is 0 Å². The quantitative estimate of drug-likeness (QED) is 0.881. The molecule has 0 bridgehead atoms. The van der Waals surface area contributed by atoms with E-state index in [1.165, 1.54) is 0 Å². The minimum Gasteiger partial charge on any atom is -0.362 e. The number of pyridine rings is 1. The third-order valence-corrected chi connectivity index (χ3v) is 3.11. The second-order valence-electron chi connectivity index (χ2n) is 4.73. The zero-order chi connectivity index (χ0) is 13.0. The molecule has 1 aromatic rings. The van der Waals surface area contributed by atoms with Crippen LogP contribution < -0.4 is 10.2 Å². The molecule has 2 heterocycles. The molecule has 0 radical (unpaired) electrons. The van der Waals surface area contributed by atoms with Gasteiger partial charge in [-0.2, -0.15) is 0 Å². The minimum absolute atomic E-state index is 0.0288. The number of nitrogens with zero attached hydrogens (tertiary/aromatic N) is 3. The first-order valence-corrected chi connectivity index (χ1v) is 6.32. The molecule has 0 spiro atoms. The molecule has 5 nitrogen and oxygen atoms in total. The zero-order valence-corrected chi connectivity index (χ0v) is 11.0. The predicted octanol–water partition coefficient (Wildman–Crippen LogP) is 1.45. The fourth-order valence-electron chi connectivity index (χ4n) is 2.17. The number of rotatable bonds is 3. The molecule has 2 amide bonds. The molecule has 18 heavy (non-hydrogen) atoms. The Bertz CT molecular complexity index is 413. The summed E-state index contributed by atoms with van der Waals surface area (Å²) in [5, 5.41) is 2.96. The third kappa shape index (κ3) is 2.91. The SMILES string of the molecule is CN(C)c1ncccc1CNC(=O)N1CCCC1. The van der Waals surface area contributed by atoms with Gasteiger partial charge in [0, 0.05) is 45.5 Å². The van der Waals surface area contributed by atoms with E-state index in [9.17, 15) is 4.79 Å². The molecule has 1 aliphatic heterocycles. The Hall–Kier alpha value is -1.78. The Morgan fingerprint density at radius 3 is 2.83 bits per heavy atom. The maximum absolute atomic E-state index is 11.9. The Morgan fingerprint density at radius 2 is 2.17 bits per heavy atom. The van der Waals surface area contributed by atoms with E-state index in [1.54, 1.807) is 6.20 Å². The molecule has 1 fully saturated rings. The first-order chi connectivity index (χ1) is 8.68. The molecule has 2 rings (SSSR count). The maximum atomic E-state index is 11.9. The van der Waals surface area contributed by atoms with Crippen LogP contribution in [0, 0.1) is 0 Å². The molecule has 0 atom stereocenters. The number of nitrogens with one attached hydrogen (secondary N) is 1. The molecule has 0 aromatic carbocycles. The Morgan fingerprint density at radius 1 is 1.44 bits per heavy atom. The van der Waals surface area contributed by atoms with E-state index >= 15 is 0 Å². The lowest BCUT2D eigenvalue weighted by Gasteiger charge is -2.19. The minimum atomic E-state index is 0.0288. The highest BCUT2D eigenvalue weighted by molar-refractivity contribution is 5.74. The number of hydrogen-bond donors (Lipinski definition) is 1. The van der Waals surface area contributed by atoms with Crippen molar-refractivity contribution in [1.29, 1.82) is 0 Å². The first-order valence-electron chi connectivity index (χ1n) is 6.32. The molecule has 0 aliphatic carbocycles. The molecule has 0 saturated carbocycles. The number of carbonyl (C=O) groups excluding carboxylic acids is 1. The summed E-state index contributed by atoms with van der Waals surface area (Å²) < 4.78 is 0. The van der Waals surface area contributed by atoms with Crippen LogP contribution in [0.3, 0.4) is 0 Å². The third-order valence-electron chi connectivity index (χ3n) is 3.11. The number of carbonyl (C=O) groups is 1. The van der Waals surface area contributed by atoms with Crippen molar-refractivity contribution in [1.82, 2.24) is 15.2 Å². The van der Waals surface area contributed by atoms with Crippen molar-refractivity contribution in [2.75, 3.05) is 32.1 Å². The summed E-state index contributed by atoms with van der Waals surface area (Å²) in [6.45, 7) is 2.27. The van der Waals surface area contributed by atoms with Gasteiger partial charge >= 0.3 is 6.03 Å². The van der Waals surface area contributed by atoms with Crippen molar-refractivity contribution < 1.29 is 4.79 Å². The highest BCUT2D eigenvalue weighted by Crippen LogP contribution is 2.14. The summed E-state index contributed by atoms with van der Waals surface area (Å²) in [5.74, 6) is 0.902. The van der Waals surface area contributed by atoms with Gasteiger partial charge in [-0.3, -0.25) is 0 Å². The van der Waals surface area contributed by atoms with Gasteiger partial charge in [0.2, 0.25) is 0 Å². The lowest BCUT2D eigenvalue weighted by Crippen LogP contribution is -2.37. The van der Waals surface area contributed by atoms with Crippen molar-refractivity contribution in [3.05, 3.63) is 23.9 Å². The molecule has 1 N–H and O–H groups in total. The molecule has 5 heteroatoms. The van der Waals surface area contributed by atoms with E-state index in [0.29, 0.717) is 6.54 Å². The van der Waals surface area contributed by atoms with Crippen LogP contribution in [0.5, 0.6) is 0 Å². The van der Waals surface area contributed by atoms with E-state index in [1.807, 2.05) is 36.0 Å². The average molecular weight is 248 g/mol. The molecule has 1 aliphatic rings. The molecule has 98 valence electrons. The van der Waals surface area contributed by atoms with Crippen LogP contribution in [0.2, 0.25) is 0 Å². The number of amides is 2. The second kappa shape index (κ2) is 5.71. The van der Waals surface area contributed by atoms with E-state index in [4.69, 9.17) is 0 Å². The Kier molecular flexibility index (Phi) is 4.02. The number of likely N-dealkylation sites (tertiary alicyclic amines) is 1. The molecule has 0 unspecified atom stereocenters. The number of urea groups is 1. The van der Waals surface area contributed by atoms with Crippen LogP contribution >= 0.6 is 0 Å². The Balaban J connectivity index is 1.95. The van der Waals surface area contributed by atoms with Crippen LogP contribution in [0.15, 0.2) is 18.3 Å². The molecular formula is C13H20N4O. The van der Waals surface area contributed by atoms with Gasteiger partial charge in [0.05, 0.1) is 0 Å². The summed E-state index contributed by atoms with van der Waals surface area (Å²) in [6.07, 6.45) is 3.99. The van der Waals surface area contributed by atoms with Gasteiger partial charge in [-0.05, 0) is 18.9 Å². The summed E-state index contributed by atoms with van der Waals surface area (Å²) in [6, 6.07) is 3.91.